The van der Waals surface area contributed by atoms with Gasteiger partial charge in [-0.1, -0.05) is 55.8 Å². The molecule has 0 radical (unpaired) electrons. The molecular formula is C20H19N. The smallest absolute Gasteiger partial charge is 0.0544 e. The number of fused-ring (bicyclic) bond motifs is 5. The highest BCUT2D eigenvalue weighted by atomic mass is 14.7. The first kappa shape index (κ1) is 12.5. The number of rotatable bonds is 3. The van der Waals surface area contributed by atoms with Gasteiger partial charge in [0.25, 0.3) is 0 Å². The topological polar surface area (TPSA) is 15.8 Å². The van der Waals surface area contributed by atoms with Crippen molar-refractivity contribution in [1.82, 2.24) is 4.98 Å². The normalized spacial score (nSPS) is 11.7. The number of hydrogen-bond acceptors (Lipinski definition) is 0. The molecule has 0 atom stereocenters. The predicted molar refractivity (Wildman–Crippen MR) is 91.9 cm³/mol. The number of benzene rings is 3. The van der Waals surface area contributed by atoms with Gasteiger partial charge < -0.3 is 4.98 Å². The molecule has 1 heterocycles. The third-order valence-corrected chi connectivity index (χ3v) is 4.38. The number of unbranched alkanes of at least 4 members (excludes halogenated alkanes) is 1. The van der Waals surface area contributed by atoms with Gasteiger partial charge in [0.2, 0.25) is 0 Å². The first-order chi connectivity index (χ1) is 10.4. The van der Waals surface area contributed by atoms with Gasteiger partial charge >= 0.3 is 0 Å². The van der Waals surface area contributed by atoms with Gasteiger partial charge in [-0.15, -0.1) is 0 Å². The molecule has 0 aliphatic rings. The summed E-state index contributed by atoms with van der Waals surface area (Å²) in [5.74, 6) is 0. The minimum absolute atomic E-state index is 1.17. The summed E-state index contributed by atoms with van der Waals surface area (Å²) in [4.78, 5) is 3.60. The third-order valence-electron chi connectivity index (χ3n) is 4.38. The molecule has 0 saturated heterocycles. The van der Waals surface area contributed by atoms with E-state index in [0.717, 1.165) is 0 Å². The average Bonchev–Trinajstić information content (AvgIpc) is 2.91. The number of aromatic amines is 1. The highest BCUT2D eigenvalue weighted by Gasteiger charge is 2.07. The van der Waals surface area contributed by atoms with E-state index in [2.05, 4.69) is 66.5 Å². The van der Waals surface area contributed by atoms with Crippen molar-refractivity contribution >= 4 is 32.6 Å². The molecule has 4 rings (SSSR count). The summed E-state index contributed by atoms with van der Waals surface area (Å²) in [7, 11) is 0. The zero-order chi connectivity index (χ0) is 14.2. The molecule has 0 aliphatic carbocycles. The maximum Gasteiger partial charge on any atom is 0.0544 e. The molecule has 0 saturated carbocycles. The van der Waals surface area contributed by atoms with Crippen LogP contribution in [0.25, 0.3) is 32.6 Å². The zero-order valence-electron chi connectivity index (χ0n) is 12.3. The van der Waals surface area contributed by atoms with Crippen molar-refractivity contribution < 1.29 is 0 Å². The lowest BCUT2D eigenvalue weighted by Crippen LogP contribution is -1.83. The minimum atomic E-state index is 1.17. The first-order valence-electron chi connectivity index (χ1n) is 7.79. The first-order valence-corrected chi connectivity index (χ1v) is 7.79. The van der Waals surface area contributed by atoms with E-state index in [1.165, 1.54) is 57.4 Å². The molecule has 4 aromatic rings. The van der Waals surface area contributed by atoms with Crippen LogP contribution in [-0.2, 0) is 6.42 Å². The highest BCUT2D eigenvalue weighted by molar-refractivity contribution is 6.16. The van der Waals surface area contributed by atoms with Gasteiger partial charge in [0, 0.05) is 21.7 Å². The standard InChI is InChI=1S/C20H19N/c1-2-3-6-14-9-12-19-18(13-14)17-11-10-15-7-4-5-8-16(15)20(17)21-19/h4-5,7-13,21H,2-3,6H2,1H3. The van der Waals surface area contributed by atoms with Gasteiger partial charge in [-0.05, 0) is 35.9 Å². The van der Waals surface area contributed by atoms with Crippen LogP contribution in [0.1, 0.15) is 25.3 Å². The Kier molecular flexibility index (Phi) is 2.92. The van der Waals surface area contributed by atoms with Crippen molar-refractivity contribution in [3.05, 3.63) is 60.2 Å². The molecule has 0 amide bonds. The molecule has 0 aliphatic heterocycles. The van der Waals surface area contributed by atoms with E-state index >= 15 is 0 Å². The van der Waals surface area contributed by atoms with E-state index in [4.69, 9.17) is 0 Å². The maximum absolute atomic E-state index is 3.60. The van der Waals surface area contributed by atoms with Crippen LogP contribution < -0.4 is 0 Å². The van der Waals surface area contributed by atoms with Gasteiger partial charge in [-0.3, -0.25) is 0 Å². The van der Waals surface area contributed by atoms with Crippen LogP contribution in [0.2, 0.25) is 0 Å². The summed E-state index contributed by atoms with van der Waals surface area (Å²) in [6, 6.07) is 19.9. The van der Waals surface area contributed by atoms with Gasteiger partial charge in [0.15, 0.2) is 0 Å². The number of aryl methyl sites for hydroxylation is 1. The summed E-state index contributed by atoms with van der Waals surface area (Å²) in [6.07, 6.45) is 3.68. The van der Waals surface area contributed by atoms with Crippen molar-refractivity contribution in [2.75, 3.05) is 0 Å². The van der Waals surface area contributed by atoms with Crippen LogP contribution in [-0.4, -0.2) is 4.98 Å². The van der Waals surface area contributed by atoms with Crippen LogP contribution in [0.5, 0.6) is 0 Å². The lowest BCUT2D eigenvalue weighted by Gasteiger charge is -2.01. The van der Waals surface area contributed by atoms with Gasteiger partial charge in [0.1, 0.15) is 0 Å². The van der Waals surface area contributed by atoms with E-state index in [1.807, 2.05) is 0 Å². The van der Waals surface area contributed by atoms with E-state index in [-0.39, 0.29) is 0 Å². The molecule has 21 heavy (non-hydrogen) atoms. The van der Waals surface area contributed by atoms with Gasteiger partial charge in [-0.2, -0.15) is 0 Å². The fraction of sp³-hybridized carbons (Fsp3) is 0.200. The number of nitrogens with one attached hydrogen (secondary N) is 1. The molecule has 0 unspecified atom stereocenters. The molecule has 1 nitrogen and oxygen atoms in total. The molecule has 0 bridgehead atoms. The predicted octanol–water partition coefficient (Wildman–Crippen LogP) is 5.82. The van der Waals surface area contributed by atoms with Gasteiger partial charge in [-0.25, -0.2) is 0 Å². The minimum Gasteiger partial charge on any atom is -0.354 e. The van der Waals surface area contributed by atoms with Crippen LogP contribution in [0.15, 0.2) is 54.6 Å². The SMILES string of the molecule is CCCCc1ccc2[nH]c3c4ccccc4ccc3c2c1. The Morgan fingerprint density at radius 2 is 1.76 bits per heavy atom. The molecule has 104 valence electrons. The Morgan fingerprint density at radius 1 is 0.857 bits per heavy atom. The second-order valence-electron chi connectivity index (χ2n) is 5.82. The number of aromatic nitrogens is 1. The quantitative estimate of drug-likeness (QED) is 0.484. The summed E-state index contributed by atoms with van der Waals surface area (Å²) >= 11 is 0. The van der Waals surface area contributed by atoms with E-state index in [9.17, 15) is 0 Å². The molecule has 3 aromatic carbocycles. The fourth-order valence-electron chi connectivity index (χ4n) is 3.22. The Hall–Kier alpha value is -2.28. The third kappa shape index (κ3) is 2.01. The molecule has 1 N–H and O–H groups in total. The maximum atomic E-state index is 3.60. The highest BCUT2D eigenvalue weighted by Crippen LogP contribution is 2.31. The second kappa shape index (κ2) is 4.92. The van der Waals surface area contributed by atoms with Crippen molar-refractivity contribution in [2.45, 2.75) is 26.2 Å². The summed E-state index contributed by atoms with van der Waals surface area (Å²) in [5.41, 5.74) is 3.94. The van der Waals surface area contributed by atoms with Crippen molar-refractivity contribution in [1.29, 1.82) is 0 Å². The summed E-state index contributed by atoms with van der Waals surface area (Å²) in [6.45, 7) is 2.25. The van der Waals surface area contributed by atoms with Crippen LogP contribution in [0, 0.1) is 0 Å². The molecular weight excluding hydrogens is 254 g/mol. The van der Waals surface area contributed by atoms with Gasteiger partial charge in [0.05, 0.1) is 5.52 Å². The van der Waals surface area contributed by atoms with Crippen LogP contribution in [0.4, 0.5) is 0 Å². The Morgan fingerprint density at radius 3 is 2.67 bits per heavy atom. The van der Waals surface area contributed by atoms with E-state index < -0.39 is 0 Å². The second-order valence-corrected chi connectivity index (χ2v) is 5.82. The van der Waals surface area contributed by atoms with E-state index in [1.54, 1.807) is 0 Å². The molecule has 0 fully saturated rings. The van der Waals surface area contributed by atoms with Crippen LogP contribution >= 0.6 is 0 Å². The molecule has 1 aromatic heterocycles. The molecule has 0 spiro atoms. The van der Waals surface area contributed by atoms with Crippen LogP contribution in [0.3, 0.4) is 0 Å². The Labute approximate surface area is 124 Å². The summed E-state index contributed by atoms with van der Waals surface area (Å²) < 4.78 is 0. The average molecular weight is 273 g/mol. The number of H-pyrrole nitrogens is 1. The number of hydrogen-bond donors (Lipinski definition) is 1. The fourth-order valence-corrected chi connectivity index (χ4v) is 3.22. The Balaban J connectivity index is 2.00. The summed E-state index contributed by atoms with van der Waals surface area (Å²) in [5, 5.41) is 5.29. The van der Waals surface area contributed by atoms with Crippen molar-refractivity contribution in [2.24, 2.45) is 0 Å². The molecule has 1 heteroatoms. The van der Waals surface area contributed by atoms with Crippen molar-refractivity contribution in [3.63, 3.8) is 0 Å². The Bertz CT molecular complexity index is 930. The van der Waals surface area contributed by atoms with E-state index in [0.29, 0.717) is 0 Å². The lowest BCUT2D eigenvalue weighted by molar-refractivity contribution is 0.796. The lowest BCUT2D eigenvalue weighted by atomic mass is 10.0. The van der Waals surface area contributed by atoms with Crippen molar-refractivity contribution in [3.8, 4) is 0 Å². The largest absolute Gasteiger partial charge is 0.354 e. The zero-order valence-corrected chi connectivity index (χ0v) is 12.3. The monoisotopic (exact) mass is 273 g/mol.